The van der Waals surface area contributed by atoms with Crippen molar-refractivity contribution in [2.75, 3.05) is 5.32 Å². The number of hydrogen-bond acceptors (Lipinski definition) is 6. The molecule has 1 fully saturated rings. The highest BCUT2D eigenvalue weighted by molar-refractivity contribution is 6.33. The van der Waals surface area contributed by atoms with Gasteiger partial charge in [0.1, 0.15) is 17.7 Å². The molecule has 0 saturated heterocycles. The van der Waals surface area contributed by atoms with Gasteiger partial charge in [-0.2, -0.15) is 0 Å². The Morgan fingerprint density at radius 1 is 1.10 bits per heavy atom. The Balaban J connectivity index is 1.31. The van der Waals surface area contributed by atoms with Crippen LogP contribution in [0.1, 0.15) is 28.9 Å². The Hall–Kier alpha value is -3.59. The van der Waals surface area contributed by atoms with Crippen molar-refractivity contribution in [2.45, 2.75) is 24.9 Å². The zero-order chi connectivity index (χ0) is 21.8. The Morgan fingerprint density at radius 2 is 1.87 bits per heavy atom. The fourth-order valence-electron chi connectivity index (χ4n) is 2.93. The van der Waals surface area contributed by atoms with E-state index in [1.807, 2.05) is 0 Å². The Morgan fingerprint density at radius 3 is 2.52 bits per heavy atom. The zero-order valence-electron chi connectivity index (χ0n) is 16.2. The van der Waals surface area contributed by atoms with Gasteiger partial charge in [-0.25, -0.2) is 14.4 Å². The van der Waals surface area contributed by atoms with Crippen molar-refractivity contribution in [3.8, 4) is 0 Å². The molecular weight excluding hydrogens is 423 g/mol. The summed E-state index contributed by atoms with van der Waals surface area (Å²) >= 11 is 6.01. The molecule has 1 aromatic carbocycles. The van der Waals surface area contributed by atoms with E-state index in [1.165, 1.54) is 36.9 Å². The van der Waals surface area contributed by atoms with Crippen LogP contribution in [0.25, 0.3) is 0 Å². The quantitative estimate of drug-likeness (QED) is 0.521. The van der Waals surface area contributed by atoms with Gasteiger partial charge >= 0.3 is 0 Å². The van der Waals surface area contributed by atoms with E-state index in [0.29, 0.717) is 35.5 Å². The van der Waals surface area contributed by atoms with Gasteiger partial charge in [-0.05, 0) is 43.2 Å². The molecule has 3 aromatic rings. The third-order valence-corrected chi connectivity index (χ3v) is 5.14. The molecule has 0 radical (unpaired) electrons. The lowest BCUT2D eigenvalue weighted by Crippen LogP contribution is -2.48. The summed E-state index contributed by atoms with van der Waals surface area (Å²) in [6, 6.07) is 7.59. The van der Waals surface area contributed by atoms with Gasteiger partial charge in [-0.1, -0.05) is 11.6 Å². The van der Waals surface area contributed by atoms with Crippen LogP contribution in [0.15, 0.2) is 55.2 Å². The predicted molar refractivity (Wildman–Crippen MR) is 112 cm³/mol. The van der Waals surface area contributed by atoms with Gasteiger partial charge in [0.15, 0.2) is 0 Å². The van der Waals surface area contributed by atoms with E-state index in [4.69, 9.17) is 11.6 Å². The molecule has 0 atom stereocenters. The first-order valence-corrected chi connectivity index (χ1v) is 9.86. The van der Waals surface area contributed by atoms with Gasteiger partial charge in [0.05, 0.1) is 40.4 Å². The van der Waals surface area contributed by atoms with Crippen molar-refractivity contribution in [1.29, 1.82) is 0 Å². The molecule has 0 bridgehead atoms. The predicted octanol–water partition coefficient (Wildman–Crippen LogP) is 2.99. The van der Waals surface area contributed by atoms with Crippen molar-refractivity contribution in [3.63, 3.8) is 0 Å². The summed E-state index contributed by atoms with van der Waals surface area (Å²) in [7, 11) is 0. The molecule has 3 N–H and O–H groups in total. The number of rotatable bonds is 7. The first-order chi connectivity index (χ1) is 14.9. The summed E-state index contributed by atoms with van der Waals surface area (Å²) in [5.41, 5.74) is 1.25. The van der Waals surface area contributed by atoms with E-state index in [9.17, 15) is 14.0 Å². The van der Waals surface area contributed by atoms with E-state index in [0.717, 1.165) is 0 Å². The fourth-order valence-corrected chi connectivity index (χ4v) is 3.14. The Bertz CT molecular complexity index is 1110. The van der Waals surface area contributed by atoms with E-state index < -0.39 is 11.4 Å². The summed E-state index contributed by atoms with van der Waals surface area (Å²) in [6.07, 6.45) is 6.84. The molecule has 0 unspecified atom stereocenters. The SMILES string of the molecule is O=C(NC1(C(=O)NCc2ccc(Nc3ccc(F)cc3Cl)cn2)CC1)c1cncnc1. The van der Waals surface area contributed by atoms with E-state index in [2.05, 4.69) is 30.9 Å². The van der Waals surface area contributed by atoms with Crippen molar-refractivity contribution in [3.05, 3.63) is 77.3 Å². The molecular formula is C21H18ClFN6O2. The average molecular weight is 441 g/mol. The molecule has 0 aliphatic heterocycles. The maximum Gasteiger partial charge on any atom is 0.255 e. The molecule has 2 aromatic heterocycles. The minimum absolute atomic E-state index is 0.211. The maximum absolute atomic E-state index is 13.1. The number of amides is 2. The first kappa shape index (κ1) is 20.7. The largest absolute Gasteiger partial charge is 0.353 e. The van der Waals surface area contributed by atoms with Crippen LogP contribution in [0.2, 0.25) is 5.02 Å². The Labute approximate surface area is 182 Å². The molecule has 0 spiro atoms. The van der Waals surface area contributed by atoms with Gasteiger partial charge < -0.3 is 16.0 Å². The van der Waals surface area contributed by atoms with Gasteiger partial charge in [-0.15, -0.1) is 0 Å². The molecule has 10 heteroatoms. The normalized spacial score (nSPS) is 13.9. The first-order valence-electron chi connectivity index (χ1n) is 9.48. The summed E-state index contributed by atoms with van der Waals surface area (Å²) < 4.78 is 13.1. The van der Waals surface area contributed by atoms with Crippen LogP contribution >= 0.6 is 11.6 Å². The second kappa shape index (κ2) is 8.65. The van der Waals surface area contributed by atoms with Crippen LogP contribution in [0, 0.1) is 5.82 Å². The second-order valence-electron chi connectivity index (χ2n) is 7.13. The van der Waals surface area contributed by atoms with Crippen molar-refractivity contribution < 1.29 is 14.0 Å². The van der Waals surface area contributed by atoms with E-state index in [-0.39, 0.29) is 23.4 Å². The molecule has 1 aliphatic rings. The second-order valence-corrected chi connectivity index (χ2v) is 7.54. The molecule has 4 rings (SSSR count). The van der Waals surface area contributed by atoms with Crippen LogP contribution in [0.5, 0.6) is 0 Å². The molecule has 2 amide bonds. The number of pyridine rings is 1. The number of anilines is 2. The van der Waals surface area contributed by atoms with Gasteiger partial charge in [0.25, 0.3) is 5.91 Å². The van der Waals surface area contributed by atoms with Gasteiger partial charge in [-0.3, -0.25) is 14.6 Å². The summed E-state index contributed by atoms with van der Waals surface area (Å²) in [5, 5.41) is 8.89. The minimum atomic E-state index is -0.909. The molecule has 2 heterocycles. The summed E-state index contributed by atoms with van der Waals surface area (Å²) in [6.45, 7) is 0.211. The molecule has 31 heavy (non-hydrogen) atoms. The lowest BCUT2D eigenvalue weighted by molar-refractivity contribution is -0.124. The van der Waals surface area contributed by atoms with Crippen molar-refractivity contribution >= 4 is 34.8 Å². The number of nitrogens with zero attached hydrogens (tertiary/aromatic N) is 3. The smallest absolute Gasteiger partial charge is 0.255 e. The number of carbonyl (C=O) groups excluding carboxylic acids is 2. The monoisotopic (exact) mass is 440 g/mol. The lowest BCUT2D eigenvalue weighted by Gasteiger charge is -2.17. The number of nitrogens with one attached hydrogen (secondary N) is 3. The van der Waals surface area contributed by atoms with Crippen LogP contribution in [0.3, 0.4) is 0 Å². The summed E-state index contributed by atoms with van der Waals surface area (Å²) in [5.74, 6) is -1.07. The van der Waals surface area contributed by atoms with E-state index >= 15 is 0 Å². The standard InChI is InChI=1S/C21H18ClFN6O2/c22-17-7-14(23)1-4-18(17)28-16-3-2-15(26-11-16)10-27-20(31)21(5-6-21)29-19(30)13-8-24-12-25-9-13/h1-4,7-9,11-12,28H,5-6,10H2,(H,27,31)(H,29,30). The average Bonchev–Trinajstić information content (AvgIpc) is 3.56. The van der Waals surface area contributed by atoms with Gasteiger partial charge in [0.2, 0.25) is 5.91 Å². The number of aromatic nitrogens is 3. The Kier molecular flexibility index (Phi) is 5.77. The molecule has 8 nitrogen and oxygen atoms in total. The topological polar surface area (TPSA) is 109 Å². The number of carbonyl (C=O) groups is 2. The number of hydrogen-bond donors (Lipinski definition) is 3. The highest BCUT2D eigenvalue weighted by atomic mass is 35.5. The van der Waals surface area contributed by atoms with Crippen LogP contribution in [-0.2, 0) is 11.3 Å². The third-order valence-electron chi connectivity index (χ3n) is 4.83. The van der Waals surface area contributed by atoms with Crippen LogP contribution < -0.4 is 16.0 Å². The minimum Gasteiger partial charge on any atom is -0.353 e. The highest BCUT2D eigenvalue weighted by Gasteiger charge is 2.51. The molecule has 1 saturated carbocycles. The van der Waals surface area contributed by atoms with Crippen LogP contribution in [-0.4, -0.2) is 32.3 Å². The van der Waals surface area contributed by atoms with E-state index in [1.54, 1.807) is 18.3 Å². The summed E-state index contributed by atoms with van der Waals surface area (Å²) in [4.78, 5) is 36.8. The van der Waals surface area contributed by atoms with Crippen LogP contribution in [0.4, 0.5) is 15.8 Å². The maximum atomic E-state index is 13.1. The molecule has 158 valence electrons. The highest BCUT2D eigenvalue weighted by Crippen LogP contribution is 2.36. The number of halogens is 2. The fraction of sp³-hybridized carbons (Fsp3) is 0.190. The van der Waals surface area contributed by atoms with Crippen molar-refractivity contribution in [2.24, 2.45) is 0 Å². The third kappa shape index (κ3) is 4.95. The van der Waals surface area contributed by atoms with Crippen molar-refractivity contribution in [1.82, 2.24) is 25.6 Å². The molecule has 1 aliphatic carbocycles. The van der Waals surface area contributed by atoms with Gasteiger partial charge in [0, 0.05) is 12.4 Å². The zero-order valence-corrected chi connectivity index (χ0v) is 17.0. The number of benzene rings is 1. The lowest BCUT2D eigenvalue weighted by atomic mass is 10.2.